The van der Waals surface area contributed by atoms with Gasteiger partial charge >= 0.3 is 12.5 Å². The Bertz CT molecular complexity index is 1240. The van der Waals surface area contributed by atoms with Crippen molar-refractivity contribution in [1.82, 2.24) is 10.3 Å². The minimum Gasteiger partial charge on any atom is -0.406 e. The van der Waals surface area contributed by atoms with E-state index >= 15 is 0 Å². The number of benzene rings is 2. The Morgan fingerprint density at radius 1 is 0.946 bits per heavy atom. The van der Waals surface area contributed by atoms with Crippen LogP contribution in [0, 0.1) is 0 Å². The molecule has 1 aliphatic heterocycles. The molecule has 11 heteroatoms. The molecule has 3 aromatic rings. The second kappa shape index (κ2) is 9.70. The minimum absolute atomic E-state index is 0.195. The number of nitrogens with one attached hydrogen (secondary N) is 1. The lowest BCUT2D eigenvalue weighted by atomic mass is 9.93. The van der Waals surface area contributed by atoms with Gasteiger partial charge in [-0.1, -0.05) is 36.4 Å². The van der Waals surface area contributed by atoms with Gasteiger partial charge in [-0.15, -0.1) is 13.2 Å². The fraction of sp³-hybridized carbons (Fsp3) is 0.308. The number of para-hydroxylation sites is 1. The zero-order valence-corrected chi connectivity index (χ0v) is 19.8. The number of rotatable bonds is 6. The van der Waals surface area contributed by atoms with Gasteiger partial charge in [0.2, 0.25) is 5.91 Å². The summed E-state index contributed by atoms with van der Waals surface area (Å²) in [4.78, 5) is 18.6. The molecule has 0 radical (unpaired) electrons. The second-order valence-corrected chi connectivity index (χ2v) is 9.17. The van der Waals surface area contributed by atoms with Crippen LogP contribution in [0.1, 0.15) is 43.1 Å². The molecule has 2 atom stereocenters. The Morgan fingerprint density at radius 2 is 1.65 bits per heavy atom. The Morgan fingerprint density at radius 3 is 2.24 bits per heavy atom. The first-order chi connectivity index (χ1) is 17.2. The second-order valence-electron chi connectivity index (χ2n) is 9.17. The molecule has 1 amide bonds. The van der Waals surface area contributed by atoms with Crippen molar-refractivity contribution in [3.05, 3.63) is 89.7 Å². The predicted molar refractivity (Wildman–Crippen MR) is 124 cm³/mol. The molecule has 0 unspecified atom stereocenters. The van der Waals surface area contributed by atoms with Crippen LogP contribution in [0.2, 0.25) is 0 Å². The van der Waals surface area contributed by atoms with E-state index in [2.05, 4.69) is 15.0 Å². The number of hydrogen-bond acceptors (Lipinski definition) is 4. The Labute approximate surface area is 209 Å². The molecule has 0 spiro atoms. The van der Waals surface area contributed by atoms with Crippen molar-refractivity contribution in [2.45, 2.75) is 50.4 Å². The number of carbonyl (C=O) groups excluding carboxylic acids is 1. The number of pyridine rings is 1. The Balaban J connectivity index is 1.64. The van der Waals surface area contributed by atoms with E-state index in [1.807, 2.05) is 0 Å². The number of halogens is 6. The zero-order valence-electron chi connectivity index (χ0n) is 19.8. The lowest BCUT2D eigenvalue weighted by Gasteiger charge is -2.30. The topological polar surface area (TPSA) is 54.5 Å². The van der Waals surface area contributed by atoms with Crippen molar-refractivity contribution in [3.8, 4) is 5.75 Å². The Kier molecular flexibility index (Phi) is 6.93. The van der Waals surface area contributed by atoms with Crippen molar-refractivity contribution in [3.63, 3.8) is 0 Å². The molecule has 1 aromatic heterocycles. The first kappa shape index (κ1) is 26.5. The van der Waals surface area contributed by atoms with Crippen LogP contribution in [0.4, 0.5) is 32.0 Å². The number of amides is 1. The summed E-state index contributed by atoms with van der Waals surface area (Å²) in [5, 5.41) is 3.21. The number of hydrogen-bond donors (Lipinski definition) is 1. The number of alkyl halides is 6. The molecular weight excluding hydrogens is 500 g/mol. The van der Waals surface area contributed by atoms with Crippen molar-refractivity contribution in [2.24, 2.45) is 0 Å². The summed E-state index contributed by atoms with van der Waals surface area (Å²) in [5.74, 6) is -0.732. The standard InChI is InChI=1S/C26H23F6N3O2/c1-24(2,17-11-12-22(33-15-17)25(27,28)29)34-20-14-21(35(23(20)36)18-8-4-3-5-9-18)16-7-6-10-19(13-16)37-26(30,31)32/h3-13,15,20-21,34H,14H2,1-2H3/t20-,21-/m1/s1. The van der Waals surface area contributed by atoms with Crippen molar-refractivity contribution >= 4 is 11.6 Å². The normalized spacial score (nSPS) is 18.8. The van der Waals surface area contributed by atoms with Gasteiger partial charge in [-0.25, -0.2) is 0 Å². The molecule has 2 heterocycles. The largest absolute Gasteiger partial charge is 0.573 e. The maximum absolute atomic E-state index is 13.6. The molecule has 196 valence electrons. The van der Waals surface area contributed by atoms with Gasteiger partial charge in [-0.05, 0) is 61.7 Å². The smallest absolute Gasteiger partial charge is 0.406 e. The quantitative estimate of drug-likeness (QED) is 0.382. The van der Waals surface area contributed by atoms with Crippen LogP contribution in [0.3, 0.4) is 0 Å². The zero-order chi connectivity index (χ0) is 27.0. The highest BCUT2D eigenvalue weighted by Gasteiger charge is 2.44. The lowest BCUT2D eigenvalue weighted by molar-refractivity contribution is -0.274. The molecule has 0 bridgehead atoms. The van der Waals surface area contributed by atoms with Crippen LogP contribution >= 0.6 is 0 Å². The van der Waals surface area contributed by atoms with Crippen molar-refractivity contribution in [2.75, 3.05) is 4.90 Å². The monoisotopic (exact) mass is 523 g/mol. The van der Waals surface area contributed by atoms with Gasteiger partial charge in [0.05, 0.1) is 12.1 Å². The molecule has 1 fully saturated rings. The molecule has 4 rings (SSSR count). The van der Waals surface area contributed by atoms with Gasteiger partial charge in [0, 0.05) is 17.4 Å². The molecule has 2 aromatic carbocycles. The summed E-state index contributed by atoms with van der Waals surface area (Å²) in [6, 6.07) is 14.9. The van der Waals surface area contributed by atoms with E-state index in [9.17, 15) is 31.1 Å². The van der Waals surface area contributed by atoms with E-state index in [1.165, 1.54) is 29.2 Å². The third-order valence-corrected chi connectivity index (χ3v) is 6.13. The third-order valence-electron chi connectivity index (χ3n) is 6.13. The van der Waals surface area contributed by atoms with E-state index in [0.29, 0.717) is 16.8 Å². The summed E-state index contributed by atoms with van der Waals surface area (Å²) in [5.41, 5.74) is -0.547. The fourth-order valence-corrected chi connectivity index (χ4v) is 4.42. The van der Waals surface area contributed by atoms with Crippen LogP contribution in [-0.4, -0.2) is 23.3 Å². The highest BCUT2D eigenvalue weighted by molar-refractivity contribution is 6.00. The van der Waals surface area contributed by atoms with E-state index in [-0.39, 0.29) is 12.3 Å². The summed E-state index contributed by atoms with van der Waals surface area (Å²) < 4.78 is 81.2. The van der Waals surface area contributed by atoms with Gasteiger partial charge in [0.25, 0.3) is 0 Å². The lowest BCUT2D eigenvalue weighted by Crippen LogP contribution is -2.47. The molecule has 5 nitrogen and oxygen atoms in total. The van der Waals surface area contributed by atoms with Gasteiger partial charge in [-0.3, -0.25) is 15.1 Å². The molecule has 0 saturated carbocycles. The average molecular weight is 523 g/mol. The molecule has 37 heavy (non-hydrogen) atoms. The van der Waals surface area contributed by atoms with Crippen LogP contribution in [0.15, 0.2) is 72.9 Å². The first-order valence-corrected chi connectivity index (χ1v) is 11.3. The fourth-order valence-electron chi connectivity index (χ4n) is 4.42. The van der Waals surface area contributed by atoms with Gasteiger partial charge in [0.1, 0.15) is 11.4 Å². The third kappa shape index (κ3) is 6.04. The number of aromatic nitrogens is 1. The van der Waals surface area contributed by atoms with Crippen molar-refractivity contribution in [1.29, 1.82) is 0 Å². The summed E-state index contributed by atoms with van der Waals surface area (Å²) in [6.45, 7) is 3.42. The summed E-state index contributed by atoms with van der Waals surface area (Å²) in [6.07, 6.45) is -8.14. The summed E-state index contributed by atoms with van der Waals surface area (Å²) >= 11 is 0. The Hall–Kier alpha value is -3.60. The van der Waals surface area contributed by atoms with Crippen molar-refractivity contribution < 1.29 is 35.9 Å². The molecule has 0 aliphatic carbocycles. The number of carbonyl (C=O) groups is 1. The average Bonchev–Trinajstić information content (AvgIpc) is 3.13. The van der Waals surface area contributed by atoms with E-state index in [4.69, 9.17) is 0 Å². The number of nitrogens with zero attached hydrogens (tertiary/aromatic N) is 2. The number of anilines is 1. The van der Waals surface area contributed by atoms with Gasteiger partial charge in [0.15, 0.2) is 0 Å². The van der Waals surface area contributed by atoms with Crippen LogP contribution in [0.25, 0.3) is 0 Å². The maximum Gasteiger partial charge on any atom is 0.573 e. The van der Waals surface area contributed by atoms with E-state index < -0.39 is 41.6 Å². The molecule has 1 N–H and O–H groups in total. The predicted octanol–water partition coefficient (Wildman–Crippen LogP) is 6.37. The highest BCUT2D eigenvalue weighted by atomic mass is 19.4. The minimum atomic E-state index is -4.87. The molecular formula is C26H23F6N3O2. The molecule has 1 aliphatic rings. The number of ether oxygens (including phenoxy) is 1. The SMILES string of the molecule is CC(C)(N[C@@H]1C[C@H](c2cccc(OC(F)(F)F)c2)N(c2ccccc2)C1=O)c1ccc(C(F)(F)F)nc1. The van der Waals surface area contributed by atoms with E-state index in [1.54, 1.807) is 50.2 Å². The maximum atomic E-state index is 13.6. The molecule has 1 saturated heterocycles. The van der Waals surface area contributed by atoms with Crippen LogP contribution in [0.5, 0.6) is 5.75 Å². The highest BCUT2D eigenvalue weighted by Crippen LogP contribution is 2.40. The van der Waals surface area contributed by atoms with E-state index in [0.717, 1.165) is 12.3 Å². The first-order valence-electron chi connectivity index (χ1n) is 11.3. The van der Waals surface area contributed by atoms with Gasteiger partial charge < -0.3 is 9.64 Å². The van der Waals surface area contributed by atoms with Crippen LogP contribution in [-0.2, 0) is 16.5 Å². The van der Waals surface area contributed by atoms with Gasteiger partial charge in [-0.2, -0.15) is 13.2 Å². The summed E-state index contributed by atoms with van der Waals surface area (Å²) in [7, 11) is 0. The van der Waals surface area contributed by atoms with Crippen LogP contribution < -0.4 is 15.0 Å².